The number of ether oxygens (including phenoxy) is 2. The van der Waals surface area contributed by atoms with Gasteiger partial charge in [-0.15, -0.1) is 11.3 Å². The second-order valence-electron chi connectivity index (χ2n) is 9.58. The first-order chi connectivity index (χ1) is 18.9. The molecule has 2 unspecified atom stereocenters. The lowest BCUT2D eigenvalue weighted by Crippen LogP contribution is -2.51. The molecule has 0 radical (unpaired) electrons. The summed E-state index contributed by atoms with van der Waals surface area (Å²) in [6.45, 7) is 9.32. The number of rotatable bonds is 12. The zero-order valence-corrected chi connectivity index (χ0v) is 25.1. The summed E-state index contributed by atoms with van der Waals surface area (Å²) in [7, 11) is -2.46. The van der Waals surface area contributed by atoms with Crippen LogP contribution in [0.25, 0.3) is 17.2 Å². The van der Waals surface area contributed by atoms with E-state index in [2.05, 4.69) is 49.2 Å². The zero-order valence-electron chi connectivity index (χ0n) is 22.6. The molecule has 1 fully saturated rings. The Bertz CT molecular complexity index is 1340. The number of benzene rings is 2. The molecule has 1 saturated heterocycles. The molecule has 2 atom stereocenters. The first kappa shape index (κ1) is 29.4. The summed E-state index contributed by atoms with van der Waals surface area (Å²) < 4.78 is 23.8. The minimum absolute atomic E-state index is 0.409. The third kappa shape index (κ3) is 6.96. The van der Waals surface area contributed by atoms with Crippen LogP contribution in [-0.4, -0.2) is 41.3 Å². The Labute approximate surface area is 239 Å². The Kier molecular flexibility index (Phi) is 10.3. The predicted molar refractivity (Wildman–Crippen MR) is 167 cm³/mol. The number of nitrogens with two attached hydrogens (primary N) is 1. The van der Waals surface area contributed by atoms with Gasteiger partial charge in [0.25, 0.3) is 0 Å². The number of thiophene rings is 1. The predicted octanol–water partition coefficient (Wildman–Crippen LogP) is 6.37. The van der Waals surface area contributed by atoms with Gasteiger partial charge in [0.2, 0.25) is 5.91 Å². The van der Waals surface area contributed by atoms with Crippen molar-refractivity contribution in [2.45, 2.75) is 37.4 Å². The standard InChI is InChI=1S/C31H36NO4PS2/c1-4-5-11-28-23(2)38-22-29(28)25-10-6-8-24(21-25)9-7-18-36-26-12-14-27(15-13-26)37(3)39(34)31(30(32)33)16-19-35-20-17-31/h4-6,8,10-15,21-22H,1,7,9,16-20H2,2-3H3,(H2,32,33)/b11-5-. The summed E-state index contributed by atoms with van der Waals surface area (Å²) in [4.78, 5) is 13.6. The molecule has 39 heavy (non-hydrogen) atoms. The highest BCUT2D eigenvalue weighted by molar-refractivity contribution is 8.49. The Morgan fingerprint density at radius 2 is 1.97 bits per heavy atom. The van der Waals surface area contributed by atoms with E-state index >= 15 is 0 Å². The van der Waals surface area contributed by atoms with E-state index in [0.717, 1.165) is 23.9 Å². The maximum Gasteiger partial charge on any atom is 0.236 e. The molecule has 2 heterocycles. The SMILES string of the molecule is C=C/C=C\c1c(-c2cccc(CCCOc3ccc(P(C)S(=O)C4(C(N)=O)CCOCC4)cc3)c2)csc1C. The second kappa shape index (κ2) is 13.7. The fraction of sp³-hybridized carbons (Fsp3) is 0.323. The molecule has 206 valence electrons. The fourth-order valence-electron chi connectivity index (χ4n) is 4.74. The van der Waals surface area contributed by atoms with Gasteiger partial charge >= 0.3 is 0 Å². The lowest BCUT2D eigenvalue weighted by atomic mass is 9.98. The normalized spacial score (nSPS) is 16.6. The highest BCUT2D eigenvalue weighted by atomic mass is 32.7. The minimum atomic E-state index is -1.38. The number of carbonyl (C=O) groups excluding carboxylic acids is 1. The van der Waals surface area contributed by atoms with E-state index in [9.17, 15) is 9.00 Å². The van der Waals surface area contributed by atoms with Gasteiger partial charge in [-0.05, 0) is 96.5 Å². The van der Waals surface area contributed by atoms with Crippen molar-refractivity contribution in [2.24, 2.45) is 5.73 Å². The van der Waals surface area contributed by atoms with Crippen molar-refractivity contribution >= 4 is 46.2 Å². The molecule has 0 saturated carbocycles. The highest BCUT2D eigenvalue weighted by Gasteiger charge is 2.46. The van der Waals surface area contributed by atoms with Crippen molar-refractivity contribution < 1.29 is 18.5 Å². The molecule has 5 nitrogen and oxygen atoms in total. The minimum Gasteiger partial charge on any atom is -0.494 e. The first-order valence-electron chi connectivity index (χ1n) is 13.1. The number of primary amides is 1. The van der Waals surface area contributed by atoms with Crippen molar-refractivity contribution in [3.63, 3.8) is 0 Å². The Morgan fingerprint density at radius 1 is 1.23 bits per heavy atom. The van der Waals surface area contributed by atoms with Crippen LogP contribution >= 0.6 is 18.5 Å². The molecule has 0 aliphatic carbocycles. The third-order valence-electron chi connectivity index (χ3n) is 7.07. The summed E-state index contributed by atoms with van der Waals surface area (Å²) in [6, 6.07) is 16.5. The molecule has 1 aromatic heterocycles. The van der Waals surface area contributed by atoms with E-state index in [1.165, 1.54) is 27.1 Å². The van der Waals surface area contributed by atoms with Gasteiger partial charge in [-0.3, -0.25) is 9.00 Å². The van der Waals surface area contributed by atoms with E-state index in [4.69, 9.17) is 15.2 Å². The molecular formula is C31H36NO4PS2. The summed E-state index contributed by atoms with van der Waals surface area (Å²) in [6.07, 6.45) is 8.55. The largest absolute Gasteiger partial charge is 0.494 e. The summed E-state index contributed by atoms with van der Waals surface area (Å²) in [5, 5.41) is 3.18. The van der Waals surface area contributed by atoms with Gasteiger partial charge in [-0.25, -0.2) is 0 Å². The average molecular weight is 582 g/mol. The summed E-state index contributed by atoms with van der Waals surface area (Å²) >= 11 is 1.77. The van der Waals surface area contributed by atoms with E-state index < -0.39 is 28.2 Å². The topological polar surface area (TPSA) is 78.6 Å². The second-order valence-corrected chi connectivity index (χ2v) is 16.1. The molecule has 0 spiro atoms. The molecule has 4 rings (SSSR count). The Morgan fingerprint density at radius 3 is 2.67 bits per heavy atom. The molecular weight excluding hydrogens is 545 g/mol. The van der Waals surface area contributed by atoms with Gasteiger partial charge in [0, 0.05) is 25.2 Å². The van der Waals surface area contributed by atoms with Crippen LogP contribution in [0.1, 0.15) is 35.3 Å². The van der Waals surface area contributed by atoms with Crippen LogP contribution in [0.3, 0.4) is 0 Å². The first-order valence-corrected chi connectivity index (χ1v) is 17.5. The quantitative estimate of drug-likeness (QED) is 0.153. The zero-order chi connectivity index (χ0) is 27.8. The van der Waals surface area contributed by atoms with Gasteiger partial charge < -0.3 is 15.2 Å². The maximum absolute atomic E-state index is 13.4. The van der Waals surface area contributed by atoms with Crippen LogP contribution in [-0.2, 0) is 26.4 Å². The van der Waals surface area contributed by atoms with Crippen LogP contribution in [0.4, 0.5) is 0 Å². The molecule has 2 N–H and O–H groups in total. The number of carbonyl (C=O) groups is 1. The Balaban J connectivity index is 1.32. The molecule has 3 aromatic rings. The van der Waals surface area contributed by atoms with Gasteiger partial charge in [0.05, 0.1) is 17.0 Å². The number of hydrogen-bond acceptors (Lipinski definition) is 5. The van der Waals surface area contributed by atoms with Gasteiger partial charge in [-0.2, -0.15) is 0 Å². The van der Waals surface area contributed by atoms with Crippen LogP contribution in [0.2, 0.25) is 0 Å². The van der Waals surface area contributed by atoms with E-state index in [1.807, 2.05) is 37.0 Å². The van der Waals surface area contributed by atoms with Crippen molar-refractivity contribution in [2.75, 3.05) is 26.5 Å². The lowest BCUT2D eigenvalue weighted by Gasteiger charge is -2.35. The van der Waals surface area contributed by atoms with Crippen molar-refractivity contribution in [1.82, 2.24) is 0 Å². The third-order valence-corrected chi connectivity index (χ3v) is 14.0. The molecule has 1 aliphatic rings. The van der Waals surface area contributed by atoms with E-state index in [-0.39, 0.29) is 0 Å². The highest BCUT2D eigenvalue weighted by Crippen LogP contribution is 2.45. The van der Waals surface area contributed by atoms with Crippen molar-refractivity contribution in [3.8, 4) is 16.9 Å². The number of aryl methyl sites for hydroxylation is 2. The average Bonchev–Trinajstić information content (AvgIpc) is 3.34. The molecule has 1 aliphatic heterocycles. The molecule has 2 aromatic carbocycles. The monoisotopic (exact) mass is 581 g/mol. The maximum atomic E-state index is 13.4. The van der Waals surface area contributed by atoms with Crippen LogP contribution in [0.5, 0.6) is 5.75 Å². The van der Waals surface area contributed by atoms with Gasteiger partial charge in [0.15, 0.2) is 0 Å². The van der Waals surface area contributed by atoms with Crippen molar-refractivity contribution in [3.05, 3.63) is 88.6 Å². The molecule has 1 amide bonds. The number of allylic oxidation sites excluding steroid dienone is 2. The van der Waals surface area contributed by atoms with Gasteiger partial charge in [-0.1, -0.05) is 49.1 Å². The van der Waals surface area contributed by atoms with Gasteiger partial charge in [0.1, 0.15) is 10.5 Å². The lowest BCUT2D eigenvalue weighted by molar-refractivity contribution is -0.122. The summed E-state index contributed by atoms with van der Waals surface area (Å²) in [5.41, 5.74) is 10.7. The van der Waals surface area contributed by atoms with Crippen LogP contribution < -0.4 is 15.8 Å². The fourth-order valence-corrected chi connectivity index (χ4v) is 10.9. The van der Waals surface area contributed by atoms with E-state index in [0.29, 0.717) is 32.7 Å². The van der Waals surface area contributed by atoms with Crippen LogP contribution in [0.15, 0.2) is 72.6 Å². The number of amides is 1. The molecule has 0 bridgehead atoms. The van der Waals surface area contributed by atoms with Crippen molar-refractivity contribution in [1.29, 1.82) is 0 Å². The van der Waals surface area contributed by atoms with E-state index in [1.54, 1.807) is 17.4 Å². The smallest absolute Gasteiger partial charge is 0.236 e. The molecule has 8 heteroatoms. The summed E-state index contributed by atoms with van der Waals surface area (Å²) in [5.74, 6) is 0.296. The number of hydrogen-bond donors (Lipinski definition) is 1. The van der Waals surface area contributed by atoms with Crippen LogP contribution in [0, 0.1) is 6.92 Å². The Hall–Kier alpha value is -2.57.